The third-order valence-electron chi connectivity index (χ3n) is 7.33. The Balaban J connectivity index is 1.38. The number of nitrogens with one attached hydrogen (secondary N) is 1. The Hall–Kier alpha value is -0.860. The van der Waals surface area contributed by atoms with Gasteiger partial charge in [-0.1, -0.05) is 84.0 Å². The smallest absolute Gasteiger partial charge is 0.220 e. The average molecular weight is 406 g/mol. The van der Waals surface area contributed by atoms with Crippen molar-refractivity contribution in [1.82, 2.24) is 5.32 Å². The first kappa shape index (κ1) is 24.4. The maximum atomic E-state index is 12.3. The van der Waals surface area contributed by atoms with E-state index in [-0.39, 0.29) is 11.8 Å². The van der Waals surface area contributed by atoms with Gasteiger partial charge >= 0.3 is 0 Å². The Kier molecular flexibility index (Phi) is 12.6. The molecule has 2 aliphatic carbocycles. The largest absolute Gasteiger partial charge is 0.353 e. The lowest BCUT2D eigenvalue weighted by Crippen LogP contribution is -2.35. The molecule has 0 radical (unpaired) electrons. The number of hydrogen-bond acceptors (Lipinski definition) is 2. The van der Waals surface area contributed by atoms with Gasteiger partial charge < -0.3 is 5.32 Å². The standard InChI is InChI=1S/C26H47NO2/c1-22(20-21-23-14-8-6-9-15-23)25(28)18-12-4-2-3-5-13-19-26(29)27-24-16-10-7-11-17-24/h22-24H,2-21H2,1H3,(H,27,29). The summed E-state index contributed by atoms with van der Waals surface area (Å²) in [5, 5.41) is 3.21. The lowest BCUT2D eigenvalue weighted by molar-refractivity contribution is -0.123. The zero-order chi connectivity index (χ0) is 20.7. The van der Waals surface area contributed by atoms with Crippen LogP contribution in [0.3, 0.4) is 0 Å². The molecule has 0 saturated heterocycles. The van der Waals surface area contributed by atoms with Crippen LogP contribution in [-0.4, -0.2) is 17.7 Å². The van der Waals surface area contributed by atoms with Crippen molar-refractivity contribution in [3.05, 3.63) is 0 Å². The molecule has 1 amide bonds. The molecule has 0 aromatic heterocycles. The van der Waals surface area contributed by atoms with E-state index >= 15 is 0 Å². The van der Waals surface area contributed by atoms with Gasteiger partial charge in [0.05, 0.1) is 0 Å². The van der Waals surface area contributed by atoms with Crippen molar-refractivity contribution >= 4 is 11.7 Å². The number of carbonyl (C=O) groups excluding carboxylic acids is 2. The molecule has 3 nitrogen and oxygen atoms in total. The van der Waals surface area contributed by atoms with E-state index in [1.54, 1.807) is 0 Å². The second kappa shape index (κ2) is 15.0. The molecule has 1 atom stereocenters. The highest BCUT2D eigenvalue weighted by atomic mass is 16.1. The first-order valence-corrected chi connectivity index (χ1v) is 13.0. The number of carbonyl (C=O) groups is 2. The van der Waals surface area contributed by atoms with Crippen LogP contribution in [0.2, 0.25) is 0 Å². The fourth-order valence-corrected chi connectivity index (χ4v) is 5.21. The van der Waals surface area contributed by atoms with Gasteiger partial charge in [0.25, 0.3) is 0 Å². The molecule has 0 aromatic rings. The maximum absolute atomic E-state index is 12.3. The average Bonchev–Trinajstić information content (AvgIpc) is 2.75. The zero-order valence-electron chi connectivity index (χ0n) is 19.2. The lowest BCUT2D eigenvalue weighted by atomic mass is 9.83. The number of amides is 1. The molecule has 2 rings (SSSR count). The van der Waals surface area contributed by atoms with Crippen molar-refractivity contribution in [2.75, 3.05) is 0 Å². The van der Waals surface area contributed by atoms with Crippen LogP contribution in [-0.2, 0) is 9.59 Å². The molecule has 168 valence electrons. The molecule has 3 heteroatoms. The molecule has 0 spiro atoms. The van der Waals surface area contributed by atoms with E-state index in [0.29, 0.717) is 18.2 Å². The fraction of sp³-hybridized carbons (Fsp3) is 0.923. The Labute approximate surface area is 180 Å². The Morgan fingerprint density at radius 2 is 1.31 bits per heavy atom. The molecule has 2 aliphatic rings. The molecule has 1 unspecified atom stereocenters. The van der Waals surface area contributed by atoms with Gasteiger partial charge in [-0.3, -0.25) is 9.59 Å². The molecular formula is C26H47NO2. The number of hydrogen-bond donors (Lipinski definition) is 1. The van der Waals surface area contributed by atoms with Gasteiger partial charge in [0.15, 0.2) is 0 Å². The molecule has 2 fully saturated rings. The van der Waals surface area contributed by atoms with Crippen LogP contribution in [0.5, 0.6) is 0 Å². The summed E-state index contributed by atoms with van der Waals surface area (Å²) in [5.74, 6) is 1.90. The van der Waals surface area contributed by atoms with E-state index in [2.05, 4.69) is 12.2 Å². The predicted octanol–water partition coefficient (Wildman–Crippen LogP) is 7.12. The second-order valence-corrected chi connectivity index (χ2v) is 9.97. The van der Waals surface area contributed by atoms with E-state index in [1.165, 1.54) is 83.5 Å². The Bertz CT molecular complexity index is 450. The van der Waals surface area contributed by atoms with Gasteiger partial charge in [-0.25, -0.2) is 0 Å². The monoisotopic (exact) mass is 405 g/mol. The highest BCUT2D eigenvalue weighted by Crippen LogP contribution is 2.29. The second-order valence-electron chi connectivity index (χ2n) is 9.97. The van der Waals surface area contributed by atoms with Gasteiger partial charge in [0.2, 0.25) is 5.91 Å². The Morgan fingerprint density at radius 1 is 0.759 bits per heavy atom. The summed E-state index contributed by atoms with van der Waals surface area (Å²) in [5.41, 5.74) is 0. The van der Waals surface area contributed by atoms with Gasteiger partial charge in [-0.15, -0.1) is 0 Å². The molecular weight excluding hydrogens is 358 g/mol. The normalized spacial score (nSPS) is 19.8. The highest BCUT2D eigenvalue weighted by molar-refractivity contribution is 5.80. The van der Waals surface area contributed by atoms with Crippen molar-refractivity contribution in [1.29, 1.82) is 0 Å². The molecule has 29 heavy (non-hydrogen) atoms. The molecule has 1 N–H and O–H groups in total. The lowest BCUT2D eigenvalue weighted by Gasteiger charge is -2.22. The summed E-state index contributed by atoms with van der Waals surface area (Å²) in [4.78, 5) is 24.3. The van der Waals surface area contributed by atoms with Crippen LogP contribution in [0, 0.1) is 11.8 Å². The zero-order valence-corrected chi connectivity index (χ0v) is 19.2. The molecule has 0 aliphatic heterocycles. The van der Waals surface area contributed by atoms with E-state index in [1.807, 2.05) is 0 Å². The van der Waals surface area contributed by atoms with Crippen LogP contribution in [0.4, 0.5) is 0 Å². The van der Waals surface area contributed by atoms with Crippen molar-refractivity contribution < 1.29 is 9.59 Å². The van der Waals surface area contributed by atoms with Crippen LogP contribution in [0.1, 0.15) is 135 Å². The molecule has 0 bridgehead atoms. The van der Waals surface area contributed by atoms with E-state index in [9.17, 15) is 9.59 Å². The fourth-order valence-electron chi connectivity index (χ4n) is 5.21. The number of unbranched alkanes of at least 4 members (excludes halogenated alkanes) is 5. The van der Waals surface area contributed by atoms with Crippen molar-refractivity contribution in [2.24, 2.45) is 11.8 Å². The minimum absolute atomic E-state index is 0.254. The van der Waals surface area contributed by atoms with E-state index in [0.717, 1.165) is 44.4 Å². The Morgan fingerprint density at radius 3 is 1.97 bits per heavy atom. The van der Waals surface area contributed by atoms with E-state index in [4.69, 9.17) is 0 Å². The summed E-state index contributed by atoms with van der Waals surface area (Å²) in [6.45, 7) is 2.14. The van der Waals surface area contributed by atoms with Crippen LogP contribution >= 0.6 is 0 Å². The van der Waals surface area contributed by atoms with E-state index < -0.39 is 0 Å². The summed E-state index contributed by atoms with van der Waals surface area (Å²) < 4.78 is 0. The SMILES string of the molecule is CC(CCC1CCCCC1)C(=O)CCCCCCCCC(=O)NC1CCCCC1. The quantitative estimate of drug-likeness (QED) is 0.313. The van der Waals surface area contributed by atoms with Crippen molar-refractivity contribution in [3.63, 3.8) is 0 Å². The van der Waals surface area contributed by atoms with Crippen LogP contribution in [0.15, 0.2) is 0 Å². The third kappa shape index (κ3) is 11.2. The summed E-state index contributed by atoms with van der Waals surface area (Å²) >= 11 is 0. The first-order valence-electron chi connectivity index (χ1n) is 13.0. The highest BCUT2D eigenvalue weighted by Gasteiger charge is 2.18. The first-order chi connectivity index (χ1) is 14.1. The predicted molar refractivity (Wildman–Crippen MR) is 122 cm³/mol. The van der Waals surface area contributed by atoms with Gasteiger partial charge in [-0.2, -0.15) is 0 Å². The third-order valence-corrected chi connectivity index (χ3v) is 7.33. The summed E-state index contributed by atoms with van der Waals surface area (Å²) in [6, 6.07) is 0.443. The van der Waals surface area contributed by atoms with Gasteiger partial charge in [0.1, 0.15) is 5.78 Å². The number of Topliss-reactive ketones (excluding diaryl/α,β-unsaturated/α-hetero) is 1. The molecule has 2 saturated carbocycles. The van der Waals surface area contributed by atoms with Crippen molar-refractivity contribution in [2.45, 2.75) is 141 Å². The minimum Gasteiger partial charge on any atom is -0.353 e. The van der Waals surface area contributed by atoms with Crippen LogP contribution in [0.25, 0.3) is 0 Å². The van der Waals surface area contributed by atoms with Gasteiger partial charge in [0, 0.05) is 24.8 Å². The number of rotatable bonds is 14. The summed E-state index contributed by atoms with van der Waals surface area (Å²) in [7, 11) is 0. The maximum Gasteiger partial charge on any atom is 0.220 e. The minimum atomic E-state index is 0.254. The summed E-state index contributed by atoms with van der Waals surface area (Å²) in [6.07, 6.45) is 23.8. The molecule has 0 aromatic carbocycles. The number of ketones is 1. The van der Waals surface area contributed by atoms with Crippen LogP contribution < -0.4 is 5.32 Å². The van der Waals surface area contributed by atoms with Crippen molar-refractivity contribution in [3.8, 4) is 0 Å². The van der Waals surface area contributed by atoms with Gasteiger partial charge in [-0.05, 0) is 44.4 Å². The molecule has 0 heterocycles. The topological polar surface area (TPSA) is 46.2 Å².